The van der Waals surface area contributed by atoms with Crippen molar-refractivity contribution in [3.63, 3.8) is 0 Å². The molecule has 1 aliphatic rings. The Labute approximate surface area is 130 Å². The minimum absolute atomic E-state index is 0.0802. The topological polar surface area (TPSA) is 64.4 Å². The summed E-state index contributed by atoms with van der Waals surface area (Å²) in [6.07, 6.45) is 0.662. The molecule has 0 fully saturated rings. The number of carboxylic acid groups (broad SMARTS) is 1. The van der Waals surface area contributed by atoms with Gasteiger partial charge in [0.15, 0.2) is 5.69 Å². The lowest BCUT2D eigenvalue weighted by Crippen LogP contribution is -2.14. The van der Waals surface area contributed by atoms with E-state index >= 15 is 0 Å². The van der Waals surface area contributed by atoms with Crippen molar-refractivity contribution in [1.82, 2.24) is 9.78 Å². The van der Waals surface area contributed by atoms with Crippen molar-refractivity contribution in [3.05, 3.63) is 44.7 Å². The highest BCUT2D eigenvalue weighted by Crippen LogP contribution is 2.31. The number of aryl methyl sites for hydroxylation is 2. The van der Waals surface area contributed by atoms with E-state index in [9.17, 15) is 9.90 Å². The molecule has 0 bridgehead atoms. The maximum atomic E-state index is 11.4. The number of fused-ring (bicyclic) bond motifs is 1. The third-order valence-corrected chi connectivity index (χ3v) is 4.24. The summed E-state index contributed by atoms with van der Waals surface area (Å²) in [5.74, 6) is -1.02. The van der Waals surface area contributed by atoms with Crippen molar-refractivity contribution in [2.24, 2.45) is 0 Å². The number of benzene rings is 1. The van der Waals surface area contributed by atoms with E-state index in [0.717, 1.165) is 27.0 Å². The SMILES string of the molecule is Cc1cc(C)c(-n2nc(C(=O)O)c3c2CCOC3)c(Br)c1. The number of hydrogen-bond acceptors (Lipinski definition) is 3. The standard InChI is InChI=1S/C15H15BrN2O3/c1-8-5-9(2)14(11(16)6-8)18-12-3-4-21-7-10(12)13(17-18)15(19)20/h5-6H,3-4,7H2,1-2H3,(H,19,20). The molecule has 0 atom stereocenters. The summed E-state index contributed by atoms with van der Waals surface area (Å²) in [6, 6.07) is 4.07. The molecule has 0 saturated heterocycles. The zero-order valence-corrected chi connectivity index (χ0v) is 13.4. The molecule has 0 saturated carbocycles. The van der Waals surface area contributed by atoms with Gasteiger partial charge in [0, 0.05) is 16.5 Å². The number of ether oxygens (including phenoxy) is 1. The highest BCUT2D eigenvalue weighted by molar-refractivity contribution is 9.10. The summed E-state index contributed by atoms with van der Waals surface area (Å²) >= 11 is 3.57. The second-order valence-corrected chi connectivity index (χ2v) is 6.06. The summed E-state index contributed by atoms with van der Waals surface area (Å²) in [4.78, 5) is 11.4. The fourth-order valence-electron chi connectivity index (χ4n) is 2.77. The molecule has 1 aliphatic heterocycles. The number of nitrogens with zero attached hydrogens (tertiary/aromatic N) is 2. The van der Waals surface area contributed by atoms with Gasteiger partial charge in [-0.15, -0.1) is 0 Å². The van der Waals surface area contributed by atoms with E-state index in [2.05, 4.69) is 27.1 Å². The minimum atomic E-state index is -1.02. The quantitative estimate of drug-likeness (QED) is 0.903. The highest BCUT2D eigenvalue weighted by Gasteiger charge is 2.27. The molecular weight excluding hydrogens is 336 g/mol. The molecule has 3 rings (SSSR count). The molecule has 0 amide bonds. The first-order valence-corrected chi connectivity index (χ1v) is 7.47. The molecule has 110 valence electrons. The Morgan fingerprint density at radius 1 is 1.43 bits per heavy atom. The third kappa shape index (κ3) is 2.38. The lowest BCUT2D eigenvalue weighted by atomic mass is 10.1. The normalized spacial score (nSPS) is 14.0. The lowest BCUT2D eigenvalue weighted by molar-refractivity contribution is 0.0677. The molecule has 0 radical (unpaired) electrons. The van der Waals surface area contributed by atoms with Crippen LogP contribution in [0.4, 0.5) is 0 Å². The molecule has 0 unspecified atom stereocenters. The Bertz CT molecular complexity index is 714. The first kappa shape index (κ1) is 14.3. The average molecular weight is 351 g/mol. The number of carbonyl (C=O) groups is 1. The molecule has 1 N–H and O–H groups in total. The molecule has 1 aromatic carbocycles. The maximum Gasteiger partial charge on any atom is 0.356 e. The van der Waals surface area contributed by atoms with E-state index in [1.165, 1.54) is 0 Å². The molecule has 5 nitrogen and oxygen atoms in total. The number of halogens is 1. The summed E-state index contributed by atoms with van der Waals surface area (Å²) in [5.41, 5.74) is 4.77. The van der Waals surface area contributed by atoms with Gasteiger partial charge in [0.05, 0.1) is 24.6 Å². The summed E-state index contributed by atoms with van der Waals surface area (Å²) < 4.78 is 8.05. The van der Waals surface area contributed by atoms with Gasteiger partial charge < -0.3 is 9.84 Å². The number of aromatic carboxylic acids is 1. The number of hydrogen-bond donors (Lipinski definition) is 1. The molecule has 2 heterocycles. The molecular formula is C15H15BrN2O3. The van der Waals surface area contributed by atoms with Gasteiger partial charge in [-0.05, 0) is 47.0 Å². The van der Waals surface area contributed by atoms with E-state index in [0.29, 0.717) is 25.2 Å². The highest BCUT2D eigenvalue weighted by atomic mass is 79.9. The van der Waals surface area contributed by atoms with Crippen LogP contribution in [-0.4, -0.2) is 27.5 Å². The van der Waals surface area contributed by atoms with Gasteiger partial charge >= 0.3 is 5.97 Å². The second kappa shape index (κ2) is 5.27. The zero-order valence-electron chi connectivity index (χ0n) is 11.8. The lowest BCUT2D eigenvalue weighted by Gasteiger charge is -2.17. The Hall–Kier alpha value is -1.66. The van der Waals surface area contributed by atoms with Crippen LogP contribution in [0.15, 0.2) is 16.6 Å². The summed E-state index contributed by atoms with van der Waals surface area (Å²) in [6.45, 7) is 4.91. The van der Waals surface area contributed by atoms with Crippen LogP contribution in [0.2, 0.25) is 0 Å². The van der Waals surface area contributed by atoms with Crippen molar-refractivity contribution >= 4 is 21.9 Å². The minimum Gasteiger partial charge on any atom is -0.476 e. The molecule has 1 aromatic heterocycles. The average Bonchev–Trinajstić information content (AvgIpc) is 2.78. The van der Waals surface area contributed by atoms with E-state index in [1.807, 2.05) is 19.9 Å². The smallest absolute Gasteiger partial charge is 0.356 e. The summed E-state index contributed by atoms with van der Waals surface area (Å²) in [7, 11) is 0. The van der Waals surface area contributed by atoms with Crippen LogP contribution in [0.25, 0.3) is 5.69 Å². The Balaban J connectivity index is 2.26. The first-order chi connectivity index (χ1) is 9.99. The third-order valence-electron chi connectivity index (χ3n) is 3.63. The van der Waals surface area contributed by atoms with Crippen molar-refractivity contribution in [3.8, 4) is 5.69 Å². The van der Waals surface area contributed by atoms with Crippen molar-refractivity contribution in [1.29, 1.82) is 0 Å². The Morgan fingerprint density at radius 3 is 2.86 bits per heavy atom. The molecule has 2 aromatic rings. The van der Waals surface area contributed by atoms with Crippen molar-refractivity contribution < 1.29 is 14.6 Å². The fourth-order valence-corrected chi connectivity index (χ4v) is 3.61. The molecule has 21 heavy (non-hydrogen) atoms. The molecule has 6 heteroatoms. The predicted molar refractivity (Wildman–Crippen MR) is 81.1 cm³/mol. The Kier molecular flexibility index (Phi) is 3.59. The van der Waals surface area contributed by atoms with E-state index in [-0.39, 0.29) is 5.69 Å². The van der Waals surface area contributed by atoms with E-state index in [4.69, 9.17) is 4.74 Å². The zero-order chi connectivity index (χ0) is 15.1. The summed E-state index contributed by atoms with van der Waals surface area (Å²) in [5, 5.41) is 13.7. The van der Waals surface area contributed by atoms with Gasteiger partial charge in [0.1, 0.15) is 0 Å². The number of rotatable bonds is 2. The van der Waals surface area contributed by atoms with Crippen LogP contribution < -0.4 is 0 Å². The van der Waals surface area contributed by atoms with Crippen molar-refractivity contribution in [2.75, 3.05) is 6.61 Å². The van der Waals surface area contributed by atoms with Gasteiger partial charge in [-0.3, -0.25) is 0 Å². The van der Waals surface area contributed by atoms with Crippen LogP contribution in [-0.2, 0) is 17.8 Å². The van der Waals surface area contributed by atoms with Gasteiger partial charge in [-0.25, -0.2) is 9.48 Å². The first-order valence-electron chi connectivity index (χ1n) is 6.68. The van der Waals surface area contributed by atoms with Crippen LogP contribution in [0.5, 0.6) is 0 Å². The van der Waals surface area contributed by atoms with E-state index < -0.39 is 5.97 Å². The van der Waals surface area contributed by atoms with Crippen LogP contribution in [0, 0.1) is 13.8 Å². The number of carboxylic acids is 1. The molecule has 0 spiro atoms. The van der Waals surface area contributed by atoms with Gasteiger partial charge in [-0.2, -0.15) is 5.10 Å². The van der Waals surface area contributed by atoms with Gasteiger partial charge in [0.25, 0.3) is 0 Å². The van der Waals surface area contributed by atoms with Crippen LogP contribution >= 0.6 is 15.9 Å². The second-order valence-electron chi connectivity index (χ2n) is 5.21. The van der Waals surface area contributed by atoms with Gasteiger partial charge in [0.2, 0.25) is 0 Å². The van der Waals surface area contributed by atoms with Crippen LogP contribution in [0.3, 0.4) is 0 Å². The largest absolute Gasteiger partial charge is 0.476 e. The van der Waals surface area contributed by atoms with Crippen LogP contribution in [0.1, 0.15) is 32.9 Å². The molecule has 0 aliphatic carbocycles. The monoisotopic (exact) mass is 350 g/mol. The van der Waals surface area contributed by atoms with Crippen molar-refractivity contribution in [2.45, 2.75) is 26.9 Å². The Morgan fingerprint density at radius 2 is 2.19 bits per heavy atom. The van der Waals surface area contributed by atoms with E-state index in [1.54, 1.807) is 4.68 Å². The fraction of sp³-hybridized carbons (Fsp3) is 0.333. The maximum absolute atomic E-state index is 11.4. The van der Waals surface area contributed by atoms with Gasteiger partial charge in [-0.1, -0.05) is 6.07 Å². The number of aromatic nitrogens is 2. The predicted octanol–water partition coefficient (Wildman–Crippen LogP) is 3.02.